The zero-order valence-electron chi connectivity index (χ0n) is 12.3. The molecule has 3 N–H and O–H groups in total. The number of amides is 1. The fourth-order valence-corrected chi connectivity index (χ4v) is 2.63. The molecule has 1 amide bonds. The van der Waals surface area contributed by atoms with E-state index in [0.717, 1.165) is 25.1 Å². The molecule has 5 nitrogen and oxygen atoms in total. The van der Waals surface area contributed by atoms with Gasteiger partial charge in [0, 0.05) is 13.6 Å². The van der Waals surface area contributed by atoms with Gasteiger partial charge in [0.25, 0.3) is 0 Å². The van der Waals surface area contributed by atoms with Crippen LogP contribution in [-0.4, -0.2) is 31.6 Å². The van der Waals surface area contributed by atoms with Crippen LogP contribution < -0.4 is 20.7 Å². The number of anilines is 2. The minimum Gasteiger partial charge on any atom is -0.489 e. The van der Waals surface area contributed by atoms with Gasteiger partial charge in [0.2, 0.25) is 5.91 Å². The summed E-state index contributed by atoms with van der Waals surface area (Å²) in [6.07, 6.45) is 1.92. The molecule has 1 aliphatic rings. The van der Waals surface area contributed by atoms with Gasteiger partial charge >= 0.3 is 0 Å². The van der Waals surface area contributed by atoms with Crippen LogP contribution in [0.3, 0.4) is 0 Å². The molecule has 2 rings (SSSR count). The SMILES string of the molecule is CNC(=O)C1CCCN1c1cccc(OC(C)C)c1N. The van der Waals surface area contributed by atoms with Gasteiger partial charge in [-0.15, -0.1) is 0 Å². The molecule has 0 aromatic heterocycles. The van der Waals surface area contributed by atoms with E-state index in [-0.39, 0.29) is 18.1 Å². The van der Waals surface area contributed by atoms with Crippen molar-refractivity contribution in [3.63, 3.8) is 0 Å². The predicted octanol–water partition coefficient (Wildman–Crippen LogP) is 1.77. The van der Waals surface area contributed by atoms with Crippen LogP contribution in [0.15, 0.2) is 18.2 Å². The zero-order chi connectivity index (χ0) is 14.7. The molecule has 1 aromatic carbocycles. The average molecular weight is 277 g/mol. The predicted molar refractivity (Wildman–Crippen MR) is 81.1 cm³/mol. The number of nitrogen functional groups attached to an aromatic ring is 1. The molecule has 0 aliphatic carbocycles. The van der Waals surface area contributed by atoms with Crippen molar-refractivity contribution in [2.45, 2.75) is 38.8 Å². The number of nitrogens with one attached hydrogen (secondary N) is 1. The molecule has 1 aliphatic heterocycles. The highest BCUT2D eigenvalue weighted by Gasteiger charge is 2.31. The Kier molecular flexibility index (Phi) is 4.37. The molecule has 1 heterocycles. The smallest absolute Gasteiger partial charge is 0.242 e. The summed E-state index contributed by atoms with van der Waals surface area (Å²) in [7, 11) is 1.67. The van der Waals surface area contributed by atoms with Gasteiger partial charge in [0.1, 0.15) is 11.8 Å². The maximum atomic E-state index is 11.9. The molecule has 1 saturated heterocycles. The monoisotopic (exact) mass is 277 g/mol. The van der Waals surface area contributed by atoms with Crippen molar-refractivity contribution in [1.29, 1.82) is 0 Å². The maximum absolute atomic E-state index is 11.9. The van der Waals surface area contributed by atoms with E-state index in [1.165, 1.54) is 0 Å². The van der Waals surface area contributed by atoms with Crippen LogP contribution in [0.1, 0.15) is 26.7 Å². The Morgan fingerprint density at radius 2 is 2.25 bits per heavy atom. The highest BCUT2D eigenvalue weighted by molar-refractivity contribution is 5.88. The number of rotatable bonds is 4. The molecule has 0 saturated carbocycles. The van der Waals surface area contributed by atoms with Crippen LogP contribution in [0.2, 0.25) is 0 Å². The average Bonchev–Trinajstić information content (AvgIpc) is 2.89. The topological polar surface area (TPSA) is 67.6 Å². The number of carbonyl (C=O) groups excluding carboxylic acids is 1. The van der Waals surface area contributed by atoms with Crippen molar-refractivity contribution in [2.75, 3.05) is 24.2 Å². The number of likely N-dealkylation sites (N-methyl/N-ethyl adjacent to an activating group) is 1. The van der Waals surface area contributed by atoms with Crippen LogP contribution in [0.4, 0.5) is 11.4 Å². The lowest BCUT2D eigenvalue weighted by Crippen LogP contribution is -2.42. The first-order valence-corrected chi connectivity index (χ1v) is 7.08. The summed E-state index contributed by atoms with van der Waals surface area (Å²) in [5.41, 5.74) is 7.71. The van der Waals surface area contributed by atoms with E-state index < -0.39 is 0 Å². The molecule has 0 bridgehead atoms. The fourth-order valence-electron chi connectivity index (χ4n) is 2.63. The highest BCUT2D eigenvalue weighted by atomic mass is 16.5. The minimum atomic E-state index is -0.142. The summed E-state index contributed by atoms with van der Waals surface area (Å²) < 4.78 is 5.72. The Morgan fingerprint density at radius 3 is 2.90 bits per heavy atom. The first-order chi connectivity index (χ1) is 9.54. The third kappa shape index (κ3) is 2.81. The number of nitrogens with zero attached hydrogens (tertiary/aromatic N) is 1. The van der Waals surface area contributed by atoms with E-state index in [4.69, 9.17) is 10.5 Å². The van der Waals surface area contributed by atoms with Gasteiger partial charge < -0.3 is 20.7 Å². The summed E-state index contributed by atoms with van der Waals surface area (Å²) in [4.78, 5) is 14.0. The number of hydrogen-bond acceptors (Lipinski definition) is 4. The first kappa shape index (κ1) is 14.5. The number of nitrogens with two attached hydrogens (primary N) is 1. The van der Waals surface area contributed by atoms with Crippen molar-refractivity contribution in [1.82, 2.24) is 5.32 Å². The lowest BCUT2D eigenvalue weighted by molar-refractivity contribution is -0.121. The summed E-state index contributed by atoms with van der Waals surface area (Å²) in [5.74, 6) is 0.720. The molecular formula is C15H23N3O2. The van der Waals surface area contributed by atoms with Crippen LogP contribution in [0.25, 0.3) is 0 Å². The van der Waals surface area contributed by atoms with Crippen molar-refractivity contribution in [3.05, 3.63) is 18.2 Å². The zero-order valence-corrected chi connectivity index (χ0v) is 12.3. The van der Waals surface area contributed by atoms with Crippen LogP contribution >= 0.6 is 0 Å². The van der Waals surface area contributed by atoms with Gasteiger partial charge in [-0.2, -0.15) is 0 Å². The largest absolute Gasteiger partial charge is 0.489 e. The number of hydrogen-bond donors (Lipinski definition) is 2. The minimum absolute atomic E-state index is 0.0390. The van der Waals surface area contributed by atoms with Crippen LogP contribution in [-0.2, 0) is 4.79 Å². The molecule has 0 spiro atoms. The van der Waals surface area contributed by atoms with Gasteiger partial charge in [-0.05, 0) is 38.8 Å². The van der Waals surface area contributed by atoms with E-state index in [0.29, 0.717) is 11.4 Å². The Hall–Kier alpha value is -1.91. The van der Waals surface area contributed by atoms with Gasteiger partial charge in [0.15, 0.2) is 0 Å². The van der Waals surface area contributed by atoms with E-state index >= 15 is 0 Å². The van der Waals surface area contributed by atoms with Gasteiger partial charge in [-0.1, -0.05) is 6.07 Å². The third-order valence-corrected chi connectivity index (χ3v) is 3.52. The first-order valence-electron chi connectivity index (χ1n) is 7.08. The van der Waals surface area contributed by atoms with Crippen LogP contribution in [0.5, 0.6) is 5.75 Å². The summed E-state index contributed by atoms with van der Waals surface area (Å²) in [6, 6.07) is 5.59. The van der Waals surface area contributed by atoms with Gasteiger partial charge in [0.05, 0.1) is 17.5 Å². The Bertz CT molecular complexity index is 488. The standard InChI is InChI=1S/C15H23N3O2/c1-10(2)20-13-8-4-6-11(14(13)16)18-9-5-7-12(18)15(19)17-3/h4,6,8,10,12H,5,7,9,16H2,1-3H3,(H,17,19). The maximum Gasteiger partial charge on any atom is 0.242 e. The molecule has 5 heteroatoms. The number of carbonyl (C=O) groups is 1. The third-order valence-electron chi connectivity index (χ3n) is 3.52. The second-order valence-electron chi connectivity index (χ2n) is 5.32. The van der Waals surface area contributed by atoms with E-state index in [1.807, 2.05) is 32.0 Å². The Balaban J connectivity index is 2.30. The number of ether oxygens (including phenoxy) is 1. The van der Waals surface area contributed by atoms with Crippen molar-refractivity contribution >= 4 is 17.3 Å². The normalized spacial score (nSPS) is 18.4. The molecule has 110 valence electrons. The van der Waals surface area contributed by atoms with Crippen LogP contribution in [0, 0.1) is 0 Å². The summed E-state index contributed by atoms with van der Waals surface area (Å²) >= 11 is 0. The molecular weight excluding hydrogens is 254 g/mol. The number of para-hydroxylation sites is 1. The summed E-state index contributed by atoms with van der Waals surface area (Å²) in [6.45, 7) is 4.78. The molecule has 1 atom stereocenters. The van der Waals surface area contributed by atoms with Gasteiger partial charge in [-0.25, -0.2) is 0 Å². The molecule has 20 heavy (non-hydrogen) atoms. The van der Waals surface area contributed by atoms with Crippen molar-refractivity contribution in [2.24, 2.45) is 0 Å². The summed E-state index contributed by atoms with van der Waals surface area (Å²) in [5, 5.41) is 2.72. The van der Waals surface area contributed by atoms with Crippen molar-refractivity contribution < 1.29 is 9.53 Å². The quantitative estimate of drug-likeness (QED) is 0.823. The molecule has 1 fully saturated rings. The molecule has 1 aromatic rings. The fraction of sp³-hybridized carbons (Fsp3) is 0.533. The molecule has 1 unspecified atom stereocenters. The Labute approximate surface area is 120 Å². The van der Waals surface area contributed by atoms with Gasteiger partial charge in [-0.3, -0.25) is 4.79 Å². The van der Waals surface area contributed by atoms with E-state index in [2.05, 4.69) is 10.2 Å². The lowest BCUT2D eigenvalue weighted by atomic mass is 10.1. The second kappa shape index (κ2) is 6.03. The number of benzene rings is 1. The van der Waals surface area contributed by atoms with E-state index in [1.54, 1.807) is 7.05 Å². The van der Waals surface area contributed by atoms with E-state index in [9.17, 15) is 4.79 Å². The Morgan fingerprint density at radius 1 is 1.50 bits per heavy atom. The second-order valence-corrected chi connectivity index (χ2v) is 5.32. The van der Waals surface area contributed by atoms with Crippen molar-refractivity contribution in [3.8, 4) is 5.75 Å². The highest BCUT2D eigenvalue weighted by Crippen LogP contribution is 2.36. The molecule has 0 radical (unpaired) electrons. The lowest BCUT2D eigenvalue weighted by Gasteiger charge is -2.27.